The third kappa shape index (κ3) is 2.69. The van der Waals surface area contributed by atoms with Gasteiger partial charge < -0.3 is 9.47 Å². The lowest BCUT2D eigenvalue weighted by Crippen LogP contribution is -2.39. The molecule has 24 heavy (non-hydrogen) atoms. The highest BCUT2D eigenvalue weighted by molar-refractivity contribution is 8.15. The van der Waals surface area contributed by atoms with Crippen molar-refractivity contribution in [3.8, 4) is 5.75 Å². The first kappa shape index (κ1) is 16.6. The maximum absolute atomic E-state index is 12.6. The van der Waals surface area contributed by atoms with Crippen LogP contribution in [0.2, 0.25) is 0 Å². The molecule has 0 unspecified atom stereocenters. The molecule has 1 saturated heterocycles. The van der Waals surface area contributed by atoms with Crippen molar-refractivity contribution in [1.82, 2.24) is 4.90 Å². The van der Waals surface area contributed by atoms with Crippen LogP contribution in [0.1, 0.15) is 25.5 Å². The number of amides is 1. The van der Waals surface area contributed by atoms with Crippen molar-refractivity contribution in [2.24, 2.45) is 4.99 Å². The van der Waals surface area contributed by atoms with E-state index in [9.17, 15) is 9.59 Å². The fourth-order valence-electron chi connectivity index (χ4n) is 2.90. The number of rotatable bonds is 4. The van der Waals surface area contributed by atoms with E-state index in [2.05, 4.69) is 4.99 Å². The van der Waals surface area contributed by atoms with E-state index in [1.54, 1.807) is 25.9 Å². The molecule has 1 aromatic rings. The molecule has 1 atom stereocenters. The van der Waals surface area contributed by atoms with Crippen molar-refractivity contribution in [2.45, 2.75) is 19.9 Å². The highest BCUT2D eigenvalue weighted by atomic mass is 32.2. The van der Waals surface area contributed by atoms with E-state index in [0.29, 0.717) is 27.9 Å². The van der Waals surface area contributed by atoms with Gasteiger partial charge in [-0.15, -0.1) is 0 Å². The van der Waals surface area contributed by atoms with E-state index < -0.39 is 12.0 Å². The van der Waals surface area contributed by atoms with E-state index in [0.717, 1.165) is 5.56 Å². The average Bonchev–Trinajstić information content (AvgIpc) is 2.94. The Morgan fingerprint density at radius 1 is 1.42 bits per heavy atom. The number of methoxy groups -OCH3 is 1. The van der Waals surface area contributed by atoms with E-state index in [1.165, 1.54) is 11.8 Å². The number of esters is 1. The van der Waals surface area contributed by atoms with Gasteiger partial charge in [-0.1, -0.05) is 30.0 Å². The van der Waals surface area contributed by atoms with Crippen molar-refractivity contribution in [1.29, 1.82) is 0 Å². The first-order chi connectivity index (χ1) is 11.6. The number of nitrogens with zero attached hydrogens (tertiary/aromatic N) is 2. The van der Waals surface area contributed by atoms with Gasteiger partial charge in [0.2, 0.25) is 5.91 Å². The Balaban J connectivity index is 2.18. The lowest BCUT2D eigenvalue weighted by atomic mass is 9.93. The summed E-state index contributed by atoms with van der Waals surface area (Å²) in [4.78, 5) is 31.0. The lowest BCUT2D eigenvalue weighted by Gasteiger charge is -2.33. The summed E-state index contributed by atoms with van der Waals surface area (Å²) in [6.07, 6.45) is 0. The molecule has 2 aliphatic heterocycles. The molecule has 0 bridgehead atoms. The van der Waals surface area contributed by atoms with Crippen LogP contribution in [0.3, 0.4) is 0 Å². The quantitative estimate of drug-likeness (QED) is 0.784. The molecule has 0 radical (unpaired) electrons. The van der Waals surface area contributed by atoms with Gasteiger partial charge in [0.05, 0.1) is 30.7 Å². The largest absolute Gasteiger partial charge is 0.496 e. The second-order valence-electron chi connectivity index (χ2n) is 5.31. The summed E-state index contributed by atoms with van der Waals surface area (Å²) in [6, 6.07) is 6.79. The highest BCUT2D eigenvalue weighted by Crippen LogP contribution is 2.43. The number of thioether (sulfide) groups is 1. The Kier molecular flexibility index (Phi) is 4.62. The number of carbonyl (C=O) groups excluding carboxylic acids is 2. The molecule has 6 nitrogen and oxygen atoms in total. The summed E-state index contributed by atoms with van der Waals surface area (Å²) in [5.41, 5.74) is 1.68. The molecule has 7 heteroatoms. The fraction of sp³-hybridized carbons (Fsp3) is 0.353. The molecule has 0 saturated carbocycles. The van der Waals surface area contributed by atoms with Crippen LogP contribution in [0.5, 0.6) is 5.75 Å². The van der Waals surface area contributed by atoms with Crippen LogP contribution in [0.4, 0.5) is 0 Å². The lowest BCUT2D eigenvalue weighted by molar-refractivity contribution is -0.139. The topological polar surface area (TPSA) is 68.2 Å². The SMILES string of the molecule is CCOC(=O)C1=C(C)N=C2SCC(=O)N2[C@@H]1c1ccccc1OC. The molecule has 126 valence electrons. The first-order valence-electron chi connectivity index (χ1n) is 7.62. The summed E-state index contributed by atoms with van der Waals surface area (Å²) in [5, 5.41) is 0.612. The number of para-hydroxylation sites is 1. The van der Waals surface area contributed by atoms with Crippen molar-refractivity contribution >= 4 is 28.8 Å². The number of amidine groups is 1. The minimum absolute atomic E-state index is 0.0797. The molecular formula is C17H18N2O4S. The first-order valence-corrected chi connectivity index (χ1v) is 8.61. The molecule has 1 aromatic carbocycles. The minimum atomic E-state index is -0.588. The highest BCUT2D eigenvalue weighted by Gasteiger charge is 2.44. The number of carbonyl (C=O) groups is 2. The molecule has 1 fully saturated rings. The number of hydrogen-bond acceptors (Lipinski definition) is 6. The van der Waals surface area contributed by atoms with Crippen molar-refractivity contribution in [3.63, 3.8) is 0 Å². The van der Waals surface area contributed by atoms with Gasteiger partial charge in [-0.3, -0.25) is 9.69 Å². The smallest absolute Gasteiger partial charge is 0.338 e. The van der Waals surface area contributed by atoms with E-state index in [4.69, 9.17) is 9.47 Å². The van der Waals surface area contributed by atoms with Crippen molar-refractivity contribution < 1.29 is 19.1 Å². The van der Waals surface area contributed by atoms with Gasteiger partial charge in [-0.05, 0) is 19.9 Å². The summed E-state index contributed by atoms with van der Waals surface area (Å²) in [6.45, 7) is 3.77. The second-order valence-corrected chi connectivity index (χ2v) is 6.25. The van der Waals surface area contributed by atoms with Crippen LogP contribution in [0.25, 0.3) is 0 Å². The molecule has 0 spiro atoms. The Labute approximate surface area is 144 Å². The van der Waals surface area contributed by atoms with Gasteiger partial charge in [-0.25, -0.2) is 9.79 Å². The third-order valence-corrected chi connectivity index (χ3v) is 4.85. The van der Waals surface area contributed by atoms with Crippen molar-refractivity contribution in [3.05, 3.63) is 41.1 Å². The monoisotopic (exact) mass is 346 g/mol. The van der Waals surface area contributed by atoms with Crippen LogP contribution in [0.15, 0.2) is 40.5 Å². The van der Waals surface area contributed by atoms with Gasteiger partial charge >= 0.3 is 5.97 Å². The van der Waals surface area contributed by atoms with E-state index >= 15 is 0 Å². The van der Waals surface area contributed by atoms with Gasteiger partial charge in [0.15, 0.2) is 5.17 Å². The average molecular weight is 346 g/mol. The predicted molar refractivity (Wildman–Crippen MR) is 91.8 cm³/mol. The number of ether oxygens (including phenoxy) is 2. The fourth-order valence-corrected chi connectivity index (χ4v) is 3.84. The Morgan fingerprint density at radius 3 is 2.88 bits per heavy atom. The summed E-state index contributed by atoms with van der Waals surface area (Å²) in [7, 11) is 1.57. The zero-order valence-corrected chi connectivity index (χ0v) is 14.6. The minimum Gasteiger partial charge on any atom is -0.496 e. The zero-order valence-electron chi connectivity index (χ0n) is 13.7. The van der Waals surface area contributed by atoms with Crippen molar-refractivity contribution in [2.75, 3.05) is 19.5 Å². The summed E-state index contributed by atoms with van der Waals surface area (Å²) in [5.74, 6) is 0.388. The molecule has 0 aromatic heterocycles. The Hall–Kier alpha value is -2.28. The summed E-state index contributed by atoms with van der Waals surface area (Å²) >= 11 is 1.38. The van der Waals surface area contributed by atoms with Crippen LogP contribution in [-0.2, 0) is 14.3 Å². The van der Waals surface area contributed by atoms with Gasteiger partial charge in [0.1, 0.15) is 11.8 Å². The standard InChI is InChI=1S/C17H18N2O4S/c1-4-23-16(21)14-10(2)18-17-19(13(20)9-24-17)15(14)11-7-5-6-8-12(11)22-3/h5-8,15H,4,9H2,1-3H3/t15-/m1/s1. The van der Waals surface area contributed by atoms with Gasteiger partial charge in [0.25, 0.3) is 0 Å². The van der Waals surface area contributed by atoms with Crippen LogP contribution in [0, 0.1) is 0 Å². The summed E-state index contributed by atoms with van der Waals surface area (Å²) < 4.78 is 10.7. The Morgan fingerprint density at radius 2 is 2.17 bits per heavy atom. The molecule has 3 rings (SSSR count). The van der Waals surface area contributed by atoms with Crippen LogP contribution in [-0.4, -0.2) is 41.4 Å². The number of benzene rings is 1. The van der Waals surface area contributed by atoms with E-state index in [-0.39, 0.29) is 12.5 Å². The van der Waals surface area contributed by atoms with Gasteiger partial charge in [0, 0.05) is 5.56 Å². The normalized spacial score (nSPS) is 20.0. The molecule has 2 heterocycles. The third-order valence-electron chi connectivity index (χ3n) is 3.91. The maximum atomic E-state index is 12.6. The molecule has 2 aliphatic rings. The predicted octanol–water partition coefficient (Wildman–Crippen LogP) is 2.52. The number of fused-ring (bicyclic) bond motifs is 1. The molecule has 1 amide bonds. The Bertz CT molecular complexity index is 757. The maximum Gasteiger partial charge on any atom is 0.338 e. The van der Waals surface area contributed by atoms with Crippen LogP contribution < -0.4 is 4.74 Å². The van der Waals surface area contributed by atoms with Crippen LogP contribution >= 0.6 is 11.8 Å². The molecular weight excluding hydrogens is 328 g/mol. The number of aliphatic imine (C=N–C) groups is 1. The second kappa shape index (κ2) is 6.68. The van der Waals surface area contributed by atoms with Gasteiger partial charge in [-0.2, -0.15) is 0 Å². The van der Waals surface area contributed by atoms with E-state index in [1.807, 2.05) is 24.3 Å². The number of hydrogen-bond donors (Lipinski definition) is 0. The zero-order chi connectivity index (χ0) is 17.3. The molecule has 0 N–H and O–H groups in total. The number of allylic oxidation sites excluding steroid dienone is 1. The molecule has 0 aliphatic carbocycles.